The van der Waals surface area contributed by atoms with E-state index in [2.05, 4.69) is 17.2 Å². The quantitative estimate of drug-likeness (QED) is 0.859. The lowest BCUT2D eigenvalue weighted by Gasteiger charge is -2.26. The highest BCUT2D eigenvalue weighted by molar-refractivity contribution is 6.35. The first kappa shape index (κ1) is 14.6. The van der Waals surface area contributed by atoms with E-state index in [4.69, 9.17) is 23.2 Å². The van der Waals surface area contributed by atoms with Gasteiger partial charge in [0.25, 0.3) is 5.91 Å². The van der Waals surface area contributed by atoms with Gasteiger partial charge < -0.3 is 5.32 Å². The summed E-state index contributed by atoms with van der Waals surface area (Å²) >= 11 is 11.7. The monoisotopic (exact) mass is 300 g/mol. The van der Waals surface area contributed by atoms with Gasteiger partial charge in [-0.05, 0) is 30.7 Å². The van der Waals surface area contributed by atoms with Crippen molar-refractivity contribution in [3.05, 3.63) is 28.0 Å². The first-order chi connectivity index (χ1) is 9.06. The summed E-state index contributed by atoms with van der Waals surface area (Å²) in [5.74, 6) is 1.16. The molecule has 1 saturated carbocycles. The van der Waals surface area contributed by atoms with Crippen LogP contribution in [0.4, 0.5) is 0 Å². The van der Waals surface area contributed by atoms with E-state index in [1.807, 2.05) is 0 Å². The van der Waals surface area contributed by atoms with Gasteiger partial charge in [0.1, 0.15) is 5.15 Å². The van der Waals surface area contributed by atoms with E-state index < -0.39 is 0 Å². The first-order valence-corrected chi connectivity index (χ1v) is 7.41. The Hall–Kier alpha value is -0.800. The normalized spacial score (nSPS) is 23.1. The molecule has 104 valence electrons. The number of carbonyl (C=O) groups excluding carboxylic acids is 1. The van der Waals surface area contributed by atoms with Crippen LogP contribution in [0, 0.1) is 11.8 Å². The van der Waals surface area contributed by atoms with Crippen LogP contribution in [-0.4, -0.2) is 17.4 Å². The molecule has 19 heavy (non-hydrogen) atoms. The van der Waals surface area contributed by atoms with Crippen LogP contribution in [0.3, 0.4) is 0 Å². The summed E-state index contributed by atoms with van der Waals surface area (Å²) in [7, 11) is 0. The predicted molar refractivity (Wildman–Crippen MR) is 77.7 cm³/mol. The van der Waals surface area contributed by atoms with E-state index in [0.29, 0.717) is 23.0 Å². The molecule has 0 aromatic carbocycles. The van der Waals surface area contributed by atoms with Gasteiger partial charge in [-0.25, -0.2) is 4.98 Å². The number of aromatic nitrogens is 1. The van der Waals surface area contributed by atoms with Gasteiger partial charge in [-0.2, -0.15) is 0 Å². The maximum atomic E-state index is 12.1. The molecule has 0 aliphatic heterocycles. The van der Waals surface area contributed by atoms with Gasteiger partial charge in [0.2, 0.25) is 0 Å². The summed E-state index contributed by atoms with van der Waals surface area (Å²) in [6, 6.07) is 1.50. The SMILES string of the molecule is CC1CCCC(CNC(=O)c2cc(Cl)ncc2Cl)C1. The van der Waals surface area contributed by atoms with Crippen LogP contribution < -0.4 is 5.32 Å². The summed E-state index contributed by atoms with van der Waals surface area (Å²) in [6.07, 6.45) is 6.34. The topological polar surface area (TPSA) is 42.0 Å². The number of nitrogens with one attached hydrogen (secondary N) is 1. The second kappa shape index (κ2) is 6.58. The van der Waals surface area contributed by atoms with Crippen molar-refractivity contribution in [2.75, 3.05) is 6.54 Å². The molecule has 0 spiro atoms. The number of hydrogen-bond donors (Lipinski definition) is 1. The van der Waals surface area contributed by atoms with Crippen molar-refractivity contribution in [1.82, 2.24) is 10.3 Å². The minimum absolute atomic E-state index is 0.174. The Balaban J connectivity index is 1.92. The lowest BCUT2D eigenvalue weighted by molar-refractivity contribution is 0.0940. The molecule has 1 heterocycles. The molecule has 1 aromatic rings. The molecule has 1 aromatic heterocycles. The number of nitrogens with zero attached hydrogens (tertiary/aromatic N) is 1. The van der Waals surface area contributed by atoms with Crippen molar-refractivity contribution >= 4 is 29.1 Å². The van der Waals surface area contributed by atoms with E-state index in [9.17, 15) is 4.79 Å². The third kappa shape index (κ3) is 4.08. The Kier molecular flexibility index (Phi) is 5.06. The zero-order chi connectivity index (χ0) is 13.8. The Bertz CT molecular complexity index is 465. The molecule has 2 unspecified atom stereocenters. The van der Waals surface area contributed by atoms with Crippen molar-refractivity contribution in [2.45, 2.75) is 32.6 Å². The van der Waals surface area contributed by atoms with Crippen LogP contribution in [0.15, 0.2) is 12.3 Å². The number of amides is 1. The van der Waals surface area contributed by atoms with Crippen LogP contribution in [0.25, 0.3) is 0 Å². The van der Waals surface area contributed by atoms with Crippen molar-refractivity contribution in [3.8, 4) is 0 Å². The average Bonchev–Trinajstić information content (AvgIpc) is 2.39. The van der Waals surface area contributed by atoms with Gasteiger partial charge in [-0.3, -0.25) is 4.79 Å². The predicted octanol–water partition coefficient (Wildman–Crippen LogP) is 3.94. The van der Waals surface area contributed by atoms with E-state index in [1.54, 1.807) is 0 Å². The third-order valence-corrected chi connectivity index (χ3v) is 4.17. The molecular formula is C14H18Cl2N2O. The van der Waals surface area contributed by atoms with Gasteiger partial charge in [0.05, 0.1) is 10.6 Å². The molecule has 0 saturated heterocycles. The number of halogens is 2. The molecule has 0 radical (unpaired) electrons. The Morgan fingerprint density at radius 3 is 3.00 bits per heavy atom. The van der Waals surface area contributed by atoms with Crippen LogP contribution in [0.2, 0.25) is 10.2 Å². The highest BCUT2D eigenvalue weighted by atomic mass is 35.5. The molecule has 1 amide bonds. The largest absolute Gasteiger partial charge is 0.352 e. The standard InChI is InChI=1S/C14H18Cl2N2O/c1-9-3-2-4-10(5-9)7-18-14(19)11-6-13(16)17-8-12(11)15/h6,8-10H,2-5,7H2,1H3,(H,18,19). The molecule has 2 rings (SSSR count). The van der Waals surface area contributed by atoms with Crippen LogP contribution in [-0.2, 0) is 0 Å². The summed E-state index contributed by atoms with van der Waals surface area (Å²) < 4.78 is 0. The Morgan fingerprint density at radius 1 is 1.47 bits per heavy atom. The van der Waals surface area contributed by atoms with Gasteiger partial charge >= 0.3 is 0 Å². The fourth-order valence-corrected chi connectivity index (χ4v) is 3.01. The second-order valence-corrected chi connectivity index (χ2v) is 6.13. The lowest BCUT2D eigenvalue weighted by atomic mass is 9.82. The van der Waals surface area contributed by atoms with Gasteiger partial charge in [-0.15, -0.1) is 0 Å². The number of pyridine rings is 1. The maximum Gasteiger partial charge on any atom is 0.252 e. The van der Waals surface area contributed by atoms with Crippen molar-refractivity contribution in [1.29, 1.82) is 0 Å². The van der Waals surface area contributed by atoms with Crippen LogP contribution >= 0.6 is 23.2 Å². The molecule has 1 N–H and O–H groups in total. The molecule has 0 bridgehead atoms. The number of hydrogen-bond acceptors (Lipinski definition) is 2. The summed E-state index contributed by atoms with van der Waals surface area (Å²) in [6.45, 7) is 2.98. The zero-order valence-corrected chi connectivity index (χ0v) is 12.5. The Labute approximate surface area is 123 Å². The van der Waals surface area contributed by atoms with E-state index in [-0.39, 0.29) is 11.1 Å². The third-order valence-electron chi connectivity index (χ3n) is 3.66. The van der Waals surface area contributed by atoms with E-state index in [0.717, 1.165) is 5.92 Å². The number of carbonyl (C=O) groups is 1. The van der Waals surface area contributed by atoms with Crippen LogP contribution in [0.5, 0.6) is 0 Å². The fourth-order valence-electron chi connectivity index (χ4n) is 2.66. The minimum Gasteiger partial charge on any atom is -0.352 e. The molecular weight excluding hydrogens is 283 g/mol. The summed E-state index contributed by atoms with van der Waals surface area (Å²) in [5, 5.41) is 3.56. The molecule has 5 heteroatoms. The summed E-state index contributed by atoms with van der Waals surface area (Å²) in [4.78, 5) is 15.9. The van der Waals surface area contributed by atoms with E-state index >= 15 is 0 Å². The van der Waals surface area contributed by atoms with Crippen molar-refractivity contribution in [2.24, 2.45) is 11.8 Å². The zero-order valence-electron chi connectivity index (χ0n) is 11.0. The lowest BCUT2D eigenvalue weighted by Crippen LogP contribution is -2.31. The van der Waals surface area contributed by atoms with Gasteiger partial charge in [0, 0.05) is 12.7 Å². The Morgan fingerprint density at radius 2 is 2.26 bits per heavy atom. The van der Waals surface area contributed by atoms with E-state index in [1.165, 1.54) is 37.9 Å². The van der Waals surface area contributed by atoms with Gasteiger partial charge in [0.15, 0.2) is 0 Å². The maximum absolute atomic E-state index is 12.1. The van der Waals surface area contributed by atoms with Gasteiger partial charge in [-0.1, -0.05) is 43.0 Å². The van der Waals surface area contributed by atoms with Crippen molar-refractivity contribution in [3.63, 3.8) is 0 Å². The second-order valence-electron chi connectivity index (χ2n) is 5.33. The molecule has 1 fully saturated rings. The molecule has 1 aliphatic carbocycles. The average molecular weight is 301 g/mol. The highest BCUT2D eigenvalue weighted by Crippen LogP contribution is 2.28. The van der Waals surface area contributed by atoms with Crippen molar-refractivity contribution < 1.29 is 4.79 Å². The smallest absolute Gasteiger partial charge is 0.252 e. The minimum atomic E-state index is -0.174. The number of rotatable bonds is 3. The summed E-state index contributed by atoms with van der Waals surface area (Å²) in [5.41, 5.74) is 0.394. The fraction of sp³-hybridized carbons (Fsp3) is 0.571. The highest BCUT2D eigenvalue weighted by Gasteiger charge is 2.20. The van der Waals surface area contributed by atoms with Crippen LogP contribution in [0.1, 0.15) is 43.0 Å². The molecule has 1 aliphatic rings. The molecule has 3 nitrogen and oxygen atoms in total. The first-order valence-electron chi connectivity index (χ1n) is 6.65. The molecule has 2 atom stereocenters.